The number of hydrogen-bond donors (Lipinski definition) is 1. The van der Waals surface area contributed by atoms with Gasteiger partial charge in [0.15, 0.2) is 5.82 Å². The summed E-state index contributed by atoms with van der Waals surface area (Å²) in [4.78, 5) is 28.5. The number of para-hydroxylation sites is 1. The number of benzene rings is 2. The molecule has 1 N–H and O–H groups in total. The van der Waals surface area contributed by atoms with Crippen molar-refractivity contribution < 1.29 is 9.59 Å². The van der Waals surface area contributed by atoms with Gasteiger partial charge in [0.2, 0.25) is 5.91 Å². The van der Waals surface area contributed by atoms with Gasteiger partial charge < -0.3 is 10.2 Å². The fraction of sp³-hybridized carbons (Fsp3) is 0.375. The van der Waals surface area contributed by atoms with Gasteiger partial charge in [-0.2, -0.15) is 4.68 Å². The molecule has 1 atom stereocenters. The molecule has 172 valence electrons. The Balaban J connectivity index is 1.45. The summed E-state index contributed by atoms with van der Waals surface area (Å²) in [5.41, 5.74) is 1.54. The number of aromatic nitrogens is 4. The van der Waals surface area contributed by atoms with Crippen LogP contribution in [0.3, 0.4) is 0 Å². The van der Waals surface area contributed by atoms with E-state index in [9.17, 15) is 9.59 Å². The summed E-state index contributed by atoms with van der Waals surface area (Å²) in [5.74, 6) is 1.09. The van der Waals surface area contributed by atoms with Crippen molar-refractivity contribution in [2.45, 2.75) is 36.8 Å². The topological polar surface area (TPSA) is 93.0 Å². The van der Waals surface area contributed by atoms with E-state index in [-0.39, 0.29) is 17.7 Å². The molecule has 2 heterocycles. The van der Waals surface area contributed by atoms with Crippen LogP contribution in [-0.2, 0) is 10.5 Å². The second-order valence-electron chi connectivity index (χ2n) is 8.01. The highest BCUT2D eigenvalue weighted by Crippen LogP contribution is 2.28. The maximum absolute atomic E-state index is 13.4. The first-order chi connectivity index (χ1) is 16.2. The second-order valence-corrected chi connectivity index (χ2v) is 9.03. The Morgan fingerprint density at radius 3 is 2.73 bits per heavy atom. The van der Waals surface area contributed by atoms with Crippen LogP contribution >= 0.6 is 11.8 Å². The van der Waals surface area contributed by atoms with E-state index in [1.165, 1.54) is 11.8 Å². The molecule has 33 heavy (non-hydrogen) atoms. The number of carbonyl (C=O) groups excluding carboxylic acids is 2. The van der Waals surface area contributed by atoms with E-state index in [4.69, 9.17) is 0 Å². The number of carbonyl (C=O) groups is 2. The minimum Gasteiger partial charge on any atom is -0.356 e. The molecule has 0 radical (unpaired) electrons. The molecule has 1 fully saturated rings. The van der Waals surface area contributed by atoms with Crippen LogP contribution in [0.1, 0.15) is 42.4 Å². The van der Waals surface area contributed by atoms with Gasteiger partial charge >= 0.3 is 0 Å². The van der Waals surface area contributed by atoms with E-state index in [1.54, 1.807) is 4.68 Å². The number of likely N-dealkylation sites (tertiary alicyclic amines) is 1. The van der Waals surface area contributed by atoms with Crippen molar-refractivity contribution in [1.29, 1.82) is 0 Å². The molecule has 2 aromatic carbocycles. The molecule has 1 aliphatic heterocycles. The molecule has 0 aliphatic carbocycles. The Hall–Kier alpha value is -3.20. The highest BCUT2D eigenvalue weighted by atomic mass is 32.2. The SMILES string of the molecule is CCCNC(=O)C1CCCN(C(=O)c2ccccc2SCc2nnnn2-c2ccccc2)C1. The molecule has 1 aromatic heterocycles. The van der Waals surface area contributed by atoms with Crippen molar-refractivity contribution in [3.05, 3.63) is 66.0 Å². The second kappa shape index (κ2) is 11.1. The van der Waals surface area contributed by atoms with Crippen LogP contribution in [0.25, 0.3) is 5.69 Å². The lowest BCUT2D eigenvalue weighted by Gasteiger charge is -2.32. The standard InChI is InChI=1S/C24H28N6O2S/c1-2-14-25-23(31)18-9-8-15-29(16-18)24(32)20-12-6-7-13-21(20)33-17-22-26-27-28-30(22)19-10-4-3-5-11-19/h3-7,10-13,18H,2,8-9,14-17H2,1H3,(H,25,31). The molecule has 1 unspecified atom stereocenters. The Labute approximate surface area is 197 Å². The minimum absolute atomic E-state index is 0.0336. The number of hydrogen-bond acceptors (Lipinski definition) is 6. The molecule has 8 nitrogen and oxygen atoms in total. The minimum atomic E-state index is -0.149. The van der Waals surface area contributed by atoms with Crippen LogP contribution in [0.15, 0.2) is 59.5 Å². The van der Waals surface area contributed by atoms with Gasteiger partial charge in [-0.05, 0) is 54.0 Å². The van der Waals surface area contributed by atoms with E-state index in [0.717, 1.165) is 29.8 Å². The van der Waals surface area contributed by atoms with E-state index in [1.807, 2.05) is 66.4 Å². The molecule has 4 rings (SSSR count). The largest absolute Gasteiger partial charge is 0.356 e. The number of rotatable bonds is 8. The lowest BCUT2D eigenvalue weighted by molar-refractivity contribution is -0.126. The zero-order valence-electron chi connectivity index (χ0n) is 18.7. The van der Waals surface area contributed by atoms with Gasteiger partial charge in [0, 0.05) is 24.5 Å². The van der Waals surface area contributed by atoms with Crippen LogP contribution < -0.4 is 5.32 Å². The van der Waals surface area contributed by atoms with Gasteiger partial charge in [-0.25, -0.2) is 0 Å². The Morgan fingerprint density at radius 2 is 1.91 bits per heavy atom. The molecular formula is C24H28N6O2S. The normalized spacial score (nSPS) is 15.9. The average Bonchev–Trinajstić information content (AvgIpc) is 3.35. The van der Waals surface area contributed by atoms with Gasteiger partial charge in [0.1, 0.15) is 0 Å². The molecule has 1 aliphatic rings. The monoisotopic (exact) mass is 464 g/mol. The number of nitrogens with one attached hydrogen (secondary N) is 1. The Kier molecular flexibility index (Phi) is 7.72. The highest BCUT2D eigenvalue weighted by molar-refractivity contribution is 7.98. The molecule has 0 bridgehead atoms. The van der Waals surface area contributed by atoms with E-state index in [0.29, 0.717) is 36.8 Å². The predicted octanol–water partition coefficient (Wildman–Crippen LogP) is 3.33. The average molecular weight is 465 g/mol. The molecule has 9 heteroatoms. The lowest BCUT2D eigenvalue weighted by Crippen LogP contribution is -2.45. The summed E-state index contributed by atoms with van der Waals surface area (Å²) in [6.45, 7) is 3.83. The van der Waals surface area contributed by atoms with Crippen molar-refractivity contribution in [2.24, 2.45) is 5.92 Å². The fourth-order valence-corrected chi connectivity index (χ4v) is 4.87. The van der Waals surface area contributed by atoms with Crippen molar-refractivity contribution in [1.82, 2.24) is 30.4 Å². The molecular weight excluding hydrogens is 436 g/mol. The fourth-order valence-electron chi connectivity index (χ4n) is 3.92. The summed E-state index contributed by atoms with van der Waals surface area (Å²) in [7, 11) is 0. The summed E-state index contributed by atoms with van der Waals surface area (Å²) >= 11 is 1.53. The quantitative estimate of drug-likeness (QED) is 0.514. The summed E-state index contributed by atoms with van der Waals surface area (Å²) < 4.78 is 1.71. The van der Waals surface area contributed by atoms with Crippen molar-refractivity contribution in [3.8, 4) is 5.69 Å². The zero-order chi connectivity index (χ0) is 23.0. The predicted molar refractivity (Wildman–Crippen MR) is 127 cm³/mol. The number of nitrogens with zero attached hydrogens (tertiary/aromatic N) is 5. The molecule has 0 spiro atoms. The van der Waals surface area contributed by atoms with E-state index < -0.39 is 0 Å². The van der Waals surface area contributed by atoms with Gasteiger partial charge in [-0.1, -0.05) is 37.3 Å². The maximum Gasteiger partial charge on any atom is 0.255 e. The number of amides is 2. The molecule has 1 saturated heterocycles. The Bertz CT molecular complexity index is 1090. The number of tetrazole rings is 1. The summed E-state index contributed by atoms with van der Waals surface area (Å²) in [5, 5.41) is 15.1. The molecule has 0 saturated carbocycles. The summed E-state index contributed by atoms with van der Waals surface area (Å²) in [6.07, 6.45) is 2.55. The van der Waals surface area contributed by atoms with Gasteiger partial charge in [-0.15, -0.1) is 16.9 Å². The lowest BCUT2D eigenvalue weighted by atomic mass is 9.96. The van der Waals surface area contributed by atoms with Gasteiger partial charge in [0.05, 0.1) is 22.9 Å². The smallest absolute Gasteiger partial charge is 0.255 e. The van der Waals surface area contributed by atoms with Crippen LogP contribution in [0.5, 0.6) is 0 Å². The van der Waals surface area contributed by atoms with Crippen molar-refractivity contribution in [2.75, 3.05) is 19.6 Å². The van der Waals surface area contributed by atoms with Crippen LogP contribution in [-0.4, -0.2) is 56.6 Å². The van der Waals surface area contributed by atoms with Crippen LogP contribution in [0, 0.1) is 5.92 Å². The van der Waals surface area contributed by atoms with E-state index >= 15 is 0 Å². The van der Waals surface area contributed by atoms with Gasteiger partial charge in [0.25, 0.3) is 5.91 Å². The van der Waals surface area contributed by atoms with Crippen molar-refractivity contribution >= 4 is 23.6 Å². The first kappa shape index (κ1) is 23.0. The van der Waals surface area contributed by atoms with E-state index in [2.05, 4.69) is 20.8 Å². The molecule has 3 aromatic rings. The third-order valence-electron chi connectivity index (χ3n) is 5.64. The third-order valence-corrected chi connectivity index (χ3v) is 6.71. The zero-order valence-corrected chi connectivity index (χ0v) is 19.5. The highest BCUT2D eigenvalue weighted by Gasteiger charge is 2.29. The summed E-state index contributed by atoms with van der Waals surface area (Å²) in [6, 6.07) is 17.3. The number of thioether (sulfide) groups is 1. The Morgan fingerprint density at radius 1 is 1.12 bits per heavy atom. The third kappa shape index (κ3) is 5.60. The molecule has 2 amide bonds. The van der Waals surface area contributed by atoms with Gasteiger partial charge in [-0.3, -0.25) is 9.59 Å². The first-order valence-corrected chi connectivity index (χ1v) is 12.3. The number of piperidine rings is 1. The van der Waals surface area contributed by atoms with Crippen LogP contribution in [0.2, 0.25) is 0 Å². The van der Waals surface area contributed by atoms with Crippen LogP contribution in [0.4, 0.5) is 0 Å². The van der Waals surface area contributed by atoms with Crippen molar-refractivity contribution in [3.63, 3.8) is 0 Å². The first-order valence-electron chi connectivity index (χ1n) is 11.3. The maximum atomic E-state index is 13.4.